The Morgan fingerprint density at radius 3 is 2.83 bits per heavy atom. The molecule has 0 bridgehead atoms. The number of esters is 1. The first-order chi connectivity index (χ1) is 11.1. The van der Waals surface area contributed by atoms with Crippen LogP contribution in [0, 0.1) is 6.92 Å². The zero-order chi connectivity index (χ0) is 16.4. The molecule has 23 heavy (non-hydrogen) atoms. The van der Waals surface area contributed by atoms with Gasteiger partial charge in [0.1, 0.15) is 6.04 Å². The van der Waals surface area contributed by atoms with E-state index in [2.05, 4.69) is 10.1 Å². The maximum atomic E-state index is 12.8. The van der Waals surface area contributed by atoms with Crippen LogP contribution < -0.4 is 0 Å². The van der Waals surface area contributed by atoms with Gasteiger partial charge in [0, 0.05) is 12.1 Å². The summed E-state index contributed by atoms with van der Waals surface area (Å²) in [4.78, 5) is 30.3. The first-order valence-corrected chi connectivity index (χ1v) is 7.39. The third kappa shape index (κ3) is 2.94. The number of hydrogen-bond donors (Lipinski definition) is 0. The standard InChI is InChI=1S/C16H17N3O4/c1-10-17-14(23-18-10)13-7-4-8-19(13)15(20)11-5-3-6-12(9-11)16(21)22-2/h3,5-6,9,13H,4,7-8H2,1-2H3. The molecule has 7 heteroatoms. The van der Waals surface area contributed by atoms with Crippen molar-refractivity contribution in [3.05, 3.63) is 47.1 Å². The lowest BCUT2D eigenvalue weighted by Crippen LogP contribution is -2.30. The minimum atomic E-state index is -0.467. The molecular weight excluding hydrogens is 298 g/mol. The van der Waals surface area contributed by atoms with Crippen LogP contribution in [0.2, 0.25) is 0 Å². The summed E-state index contributed by atoms with van der Waals surface area (Å²) >= 11 is 0. The highest BCUT2D eigenvalue weighted by molar-refractivity contribution is 5.98. The zero-order valence-corrected chi connectivity index (χ0v) is 13.0. The van der Waals surface area contributed by atoms with Crippen LogP contribution in [0.5, 0.6) is 0 Å². The van der Waals surface area contributed by atoms with E-state index in [4.69, 9.17) is 9.26 Å². The van der Waals surface area contributed by atoms with Gasteiger partial charge in [-0.3, -0.25) is 4.79 Å². The summed E-state index contributed by atoms with van der Waals surface area (Å²) < 4.78 is 9.91. The van der Waals surface area contributed by atoms with Gasteiger partial charge in [-0.25, -0.2) is 4.79 Å². The summed E-state index contributed by atoms with van der Waals surface area (Å²) in [5, 5.41) is 3.79. The Hall–Kier alpha value is -2.70. The number of rotatable bonds is 3. The van der Waals surface area contributed by atoms with Crippen molar-refractivity contribution in [1.29, 1.82) is 0 Å². The van der Waals surface area contributed by atoms with Crippen LogP contribution in [0.25, 0.3) is 0 Å². The summed E-state index contributed by atoms with van der Waals surface area (Å²) in [6.07, 6.45) is 1.65. The Labute approximate surface area is 133 Å². The van der Waals surface area contributed by atoms with Gasteiger partial charge in [0.15, 0.2) is 5.82 Å². The number of carbonyl (C=O) groups excluding carboxylic acids is 2. The Balaban J connectivity index is 1.86. The minimum absolute atomic E-state index is 0.158. The van der Waals surface area contributed by atoms with E-state index in [0.29, 0.717) is 29.4 Å². The van der Waals surface area contributed by atoms with Gasteiger partial charge in [-0.15, -0.1) is 0 Å². The number of hydrogen-bond acceptors (Lipinski definition) is 6. The third-order valence-corrected chi connectivity index (χ3v) is 3.87. The molecule has 0 N–H and O–H groups in total. The van der Waals surface area contributed by atoms with Crippen molar-refractivity contribution in [3.63, 3.8) is 0 Å². The van der Waals surface area contributed by atoms with E-state index < -0.39 is 5.97 Å². The molecule has 0 radical (unpaired) electrons. The molecular formula is C16H17N3O4. The minimum Gasteiger partial charge on any atom is -0.465 e. The maximum absolute atomic E-state index is 12.8. The second-order valence-electron chi connectivity index (χ2n) is 5.41. The van der Waals surface area contributed by atoms with Gasteiger partial charge in [0.25, 0.3) is 5.91 Å². The fourth-order valence-corrected chi connectivity index (χ4v) is 2.78. The molecule has 1 amide bonds. The molecule has 120 valence electrons. The van der Waals surface area contributed by atoms with Crippen LogP contribution in [-0.4, -0.2) is 40.6 Å². The predicted octanol–water partition coefficient (Wildman–Crippen LogP) is 2.14. The Morgan fingerprint density at radius 2 is 2.13 bits per heavy atom. The molecule has 1 aliphatic rings. The molecule has 1 aliphatic heterocycles. The highest BCUT2D eigenvalue weighted by Crippen LogP contribution is 2.32. The van der Waals surface area contributed by atoms with E-state index in [1.54, 1.807) is 36.1 Å². The van der Waals surface area contributed by atoms with Gasteiger partial charge in [-0.1, -0.05) is 11.2 Å². The first kappa shape index (κ1) is 15.2. The molecule has 7 nitrogen and oxygen atoms in total. The number of benzene rings is 1. The molecule has 0 aliphatic carbocycles. The number of amides is 1. The second kappa shape index (κ2) is 6.20. The first-order valence-electron chi connectivity index (χ1n) is 7.39. The van der Waals surface area contributed by atoms with Crippen molar-refractivity contribution in [2.45, 2.75) is 25.8 Å². The van der Waals surface area contributed by atoms with Gasteiger partial charge in [0.05, 0.1) is 12.7 Å². The number of aromatic nitrogens is 2. The number of nitrogens with zero attached hydrogens (tertiary/aromatic N) is 3. The molecule has 2 aromatic rings. The molecule has 0 spiro atoms. The largest absolute Gasteiger partial charge is 0.465 e. The normalized spacial score (nSPS) is 17.3. The molecule has 1 saturated heterocycles. The Morgan fingerprint density at radius 1 is 1.35 bits per heavy atom. The molecule has 1 unspecified atom stereocenters. The lowest BCUT2D eigenvalue weighted by atomic mass is 10.1. The maximum Gasteiger partial charge on any atom is 0.337 e. The van der Waals surface area contributed by atoms with E-state index in [9.17, 15) is 9.59 Å². The topological polar surface area (TPSA) is 85.5 Å². The van der Waals surface area contributed by atoms with Crippen LogP contribution in [0.3, 0.4) is 0 Å². The summed E-state index contributed by atoms with van der Waals surface area (Å²) in [6, 6.07) is 6.30. The summed E-state index contributed by atoms with van der Waals surface area (Å²) in [5.74, 6) is 0.378. The summed E-state index contributed by atoms with van der Waals surface area (Å²) in [6.45, 7) is 2.36. The smallest absolute Gasteiger partial charge is 0.337 e. The van der Waals surface area contributed by atoms with Gasteiger partial charge in [-0.05, 0) is 38.0 Å². The number of ether oxygens (including phenoxy) is 1. The molecule has 3 rings (SSSR count). The number of likely N-dealkylation sites (tertiary alicyclic amines) is 1. The second-order valence-corrected chi connectivity index (χ2v) is 5.41. The number of aryl methyl sites for hydroxylation is 1. The van der Waals surface area contributed by atoms with Crippen molar-refractivity contribution in [3.8, 4) is 0 Å². The van der Waals surface area contributed by atoms with E-state index in [0.717, 1.165) is 12.8 Å². The predicted molar refractivity (Wildman–Crippen MR) is 79.8 cm³/mol. The average molecular weight is 315 g/mol. The van der Waals surface area contributed by atoms with Crippen LogP contribution in [0.4, 0.5) is 0 Å². The molecule has 0 saturated carbocycles. The van der Waals surface area contributed by atoms with Crippen molar-refractivity contribution < 1.29 is 18.8 Å². The Bertz CT molecular complexity index is 740. The Kier molecular flexibility index (Phi) is 4.10. The van der Waals surface area contributed by atoms with E-state index >= 15 is 0 Å². The third-order valence-electron chi connectivity index (χ3n) is 3.87. The summed E-state index contributed by atoms with van der Waals surface area (Å²) in [7, 11) is 1.31. The molecule has 1 aromatic carbocycles. The zero-order valence-electron chi connectivity index (χ0n) is 13.0. The van der Waals surface area contributed by atoms with Crippen LogP contribution in [0.1, 0.15) is 51.3 Å². The average Bonchev–Trinajstić information content (AvgIpc) is 3.22. The van der Waals surface area contributed by atoms with Crippen molar-refractivity contribution in [2.75, 3.05) is 13.7 Å². The highest BCUT2D eigenvalue weighted by Gasteiger charge is 2.34. The fraction of sp³-hybridized carbons (Fsp3) is 0.375. The van der Waals surface area contributed by atoms with Crippen molar-refractivity contribution >= 4 is 11.9 Å². The molecule has 2 heterocycles. The van der Waals surface area contributed by atoms with Crippen LogP contribution in [0.15, 0.2) is 28.8 Å². The number of methoxy groups -OCH3 is 1. The van der Waals surface area contributed by atoms with Gasteiger partial charge in [0.2, 0.25) is 5.89 Å². The lowest BCUT2D eigenvalue weighted by molar-refractivity contribution is 0.0600. The fourth-order valence-electron chi connectivity index (χ4n) is 2.78. The van der Waals surface area contributed by atoms with E-state index in [-0.39, 0.29) is 11.9 Å². The van der Waals surface area contributed by atoms with E-state index in [1.807, 2.05) is 0 Å². The SMILES string of the molecule is COC(=O)c1cccc(C(=O)N2CCCC2c2nc(C)no2)c1. The van der Waals surface area contributed by atoms with Crippen molar-refractivity contribution in [1.82, 2.24) is 15.0 Å². The van der Waals surface area contributed by atoms with Gasteiger partial charge >= 0.3 is 5.97 Å². The van der Waals surface area contributed by atoms with Crippen LogP contribution in [-0.2, 0) is 4.74 Å². The number of carbonyl (C=O) groups is 2. The van der Waals surface area contributed by atoms with Crippen molar-refractivity contribution in [2.24, 2.45) is 0 Å². The molecule has 1 fully saturated rings. The highest BCUT2D eigenvalue weighted by atomic mass is 16.5. The lowest BCUT2D eigenvalue weighted by Gasteiger charge is -2.22. The van der Waals surface area contributed by atoms with Gasteiger partial charge < -0.3 is 14.2 Å². The molecule has 1 aromatic heterocycles. The monoisotopic (exact) mass is 315 g/mol. The van der Waals surface area contributed by atoms with Gasteiger partial charge in [-0.2, -0.15) is 4.98 Å². The summed E-state index contributed by atoms with van der Waals surface area (Å²) in [5.41, 5.74) is 0.791. The van der Waals surface area contributed by atoms with Crippen LogP contribution >= 0.6 is 0 Å². The quantitative estimate of drug-likeness (QED) is 0.807. The van der Waals surface area contributed by atoms with E-state index in [1.165, 1.54) is 7.11 Å². The molecule has 1 atom stereocenters.